The molecule has 3 N–H and O–H groups in total. The number of carbonyl (C=O) groups is 1. The molecule has 22 heavy (non-hydrogen) atoms. The molecule has 6 heteroatoms. The lowest BCUT2D eigenvalue weighted by molar-refractivity contribution is -0.136. The summed E-state index contributed by atoms with van der Waals surface area (Å²) >= 11 is 0. The van der Waals surface area contributed by atoms with Gasteiger partial charge in [-0.25, -0.2) is 0 Å². The summed E-state index contributed by atoms with van der Waals surface area (Å²) in [5, 5.41) is 29.1. The van der Waals surface area contributed by atoms with Crippen LogP contribution in [0.3, 0.4) is 0 Å². The molecule has 0 spiro atoms. The maximum absolute atomic E-state index is 10.6. The number of hydrogen-bond donors (Lipinski definition) is 3. The molecule has 1 rings (SSSR count). The van der Waals surface area contributed by atoms with Gasteiger partial charge in [0.1, 0.15) is 0 Å². The summed E-state index contributed by atoms with van der Waals surface area (Å²) in [5.74, 6) is -0.846. The highest BCUT2D eigenvalue weighted by molar-refractivity contribution is 5.67. The minimum absolute atomic E-state index is 0.0600. The molecule has 6 nitrogen and oxygen atoms in total. The number of phenolic OH excluding ortho intramolecular Hbond substituents is 2. The molecule has 0 bridgehead atoms. The maximum Gasteiger partial charge on any atom is 0.303 e. The Morgan fingerprint density at radius 2 is 1.64 bits per heavy atom. The molecule has 0 aliphatic heterocycles. The Bertz CT molecular complexity index is 589. The molecule has 1 aromatic rings. The first-order chi connectivity index (χ1) is 10.3. The van der Waals surface area contributed by atoms with Crippen LogP contribution in [0.4, 0.5) is 0 Å². The van der Waals surface area contributed by atoms with Crippen molar-refractivity contribution in [3.63, 3.8) is 0 Å². The van der Waals surface area contributed by atoms with Crippen LogP contribution >= 0.6 is 0 Å². The average molecular weight is 310 g/mol. The van der Waals surface area contributed by atoms with E-state index in [1.165, 1.54) is 14.2 Å². The van der Waals surface area contributed by atoms with Crippen molar-refractivity contribution < 1.29 is 29.6 Å². The van der Waals surface area contributed by atoms with Gasteiger partial charge in [-0.15, -0.1) is 0 Å². The Labute approximate surface area is 129 Å². The average Bonchev–Trinajstić information content (AvgIpc) is 2.48. The fraction of sp³-hybridized carbons (Fsp3) is 0.438. The number of phenols is 2. The summed E-state index contributed by atoms with van der Waals surface area (Å²) in [6, 6.07) is 0. The van der Waals surface area contributed by atoms with Crippen molar-refractivity contribution in [3.8, 4) is 23.0 Å². The van der Waals surface area contributed by atoms with E-state index in [0.717, 1.165) is 5.57 Å². The molecule has 0 unspecified atom stereocenters. The Morgan fingerprint density at radius 3 is 2.14 bits per heavy atom. The summed E-state index contributed by atoms with van der Waals surface area (Å²) in [4.78, 5) is 10.6. The van der Waals surface area contributed by atoms with Crippen molar-refractivity contribution in [3.05, 3.63) is 22.8 Å². The minimum atomic E-state index is -0.851. The van der Waals surface area contributed by atoms with Gasteiger partial charge in [-0.2, -0.15) is 0 Å². The predicted octanol–water partition coefficient (Wildman–Crippen LogP) is 2.78. The van der Waals surface area contributed by atoms with E-state index in [4.69, 9.17) is 14.6 Å². The molecule has 0 radical (unpaired) electrons. The lowest BCUT2D eigenvalue weighted by Crippen LogP contribution is -1.99. The van der Waals surface area contributed by atoms with Gasteiger partial charge in [0.2, 0.25) is 11.5 Å². The van der Waals surface area contributed by atoms with Crippen molar-refractivity contribution in [1.29, 1.82) is 0 Å². The van der Waals surface area contributed by atoms with E-state index in [-0.39, 0.29) is 29.4 Å². The maximum atomic E-state index is 10.6. The Balaban J connectivity index is 3.12. The molecular formula is C16H22O6. The number of ether oxygens (including phenoxy) is 2. The van der Waals surface area contributed by atoms with Crippen LogP contribution in [-0.2, 0) is 11.2 Å². The second kappa shape index (κ2) is 7.59. The van der Waals surface area contributed by atoms with Crippen LogP contribution in [0.2, 0.25) is 0 Å². The number of aliphatic carboxylic acids is 1. The second-order valence-corrected chi connectivity index (χ2v) is 5.02. The molecule has 0 aromatic heterocycles. The van der Waals surface area contributed by atoms with Gasteiger partial charge in [-0.1, -0.05) is 11.6 Å². The first-order valence-electron chi connectivity index (χ1n) is 6.86. The molecule has 0 aliphatic rings. The molecule has 0 aliphatic carbocycles. The van der Waals surface area contributed by atoms with Gasteiger partial charge in [0, 0.05) is 17.5 Å². The third-order valence-electron chi connectivity index (χ3n) is 3.53. The molecule has 0 atom stereocenters. The largest absolute Gasteiger partial charge is 0.504 e. The van der Waals surface area contributed by atoms with Gasteiger partial charge in [0.05, 0.1) is 14.2 Å². The van der Waals surface area contributed by atoms with E-state index in [1.807, 2.05) is 13.0 Å². The Hall–Kier alpha value is -2.37. The number of rotatable bonds is 7. The van der Waals surface area contributed by atoms with Crippen LogP contribution in [0.1, 0.15) is 30.9 Å². The molecule has 0 saturated carbocycles. The summed E-state index contributed by atoms with van der Waals surface area (Å²) in [7, 11) is 2.76. The van der Waals surface area contributed by atoms with E-state index in [2.05, 4.69) is 0 Å². The second-order valence-electron chi connectivity index (χ2n) is 5.02. The van der Waals surface area contributed by atoms with Gasteiger partial charge in [-0.05, 0) is 26.7 Å². The molecule has 1 aromatic carbocycles. The fourth-order valence-electron chi connectivity index (χ4n) is 2.15. The van der Waals surface area contributed by atoms with Crippen LogP contribution in [-0.4, -0.2) is 35.5 Å². The number of aromatic hydroxyl groups is 2. The zero-order valence-corrected chi connectivity index (χ0v) is 13.3. The summed E-state index contributed by atoms with van der Waals surface area (Å²) < 4.78 is 10.2. The number of benzene rings is 1. The molecule has 0 heterocycles. The number of hydrogen-bond acceptors (Lipinski definition) is 5. The zero-order valence-electron chi connectivity index (χ0n) is 13.3. The minimum Gasteiger partial charge on any atom is -0.504 e. The highest BCUT2D eigenvalue weighted by Crippen LogP contribution is 2.48. The van der Waals surface area contributed by atoms with Gasteiger partial charge in [-0.3, -0.25) is 4.79 Å². The van der Waals surface area contributed by atoms with Crippen molar-refractivity contribution in [2.24, 2.45) is 0 Å². The first-order valence-corrected chi connectivity index (χ1v) is 6.86. The zero-order chi connectivity index (χ0) is 16.9. The summed E-state index contributed by atoms with van der Waals surface area (Å²) in [5.41, 5.74) is 1.91. The van der Waals surface area contributed by atoms with Crippen molar-refractivity contribution in [1.82, 2.24) is 0 Å². The lowest BCUT2D eigenvalue weighted by Gasteiger charge is -2.17. The third-order valence-corrected chi connectivity index (χ3v) is 3.53. The van der Waals surface area contributed by atoms with Crippen molar-refractivity contribution in [2.45, 2.75) is 33.1 Å². The van der Waals surface area contributed by atoms with Crippen LogP contribution in [0.5, 0.6) is 23.0 Å². The van der Waals surface area contributed by atoms with E-state index < -0.39 is 5.97 Å². The monoisotopic (exact) mass is 310 g/mol. The molecule has 0 amide bonds. The van der Waals surface area contributed by atoms with E-state index in [0.29, 0.717) is 24.0 Å². The van der Waals surface area contributed by atoms with E-state index >= 15 is 0 Å². The highest BCUT2D eigenvalue weighted by Gasteiger charge is 2.22. The number of allylic oxidation sites excluding steroid dienone is 2. The number of carboxylic acid groups (broad SMARTS) is 1. The van der Waals surface area contributed by atoms with Gasteiger partial charge in [0.15, 0.2) is 11.5 Å². The van der Waals surface area contributed by atoms with Crippen LogP contribution < -0.4 is 9.47 Å². The summed E-state index contributed by atoms with van der Waals surface area (Å²) in [6.07, 6.45) is 2.69. The first kappa shape index (κ1) is 17.7. The predicted molar refractivity (Wildman–Crippen MR) is 81.9 cm³/mol. The quantitative estimate of drug-likeness (QED) is 0.529. The molecular weight excluding hydrogens is 288 g/mol. The standard InChI is InChI=1S/C16H22O6/c1-9(6-8-12(17)18)5-7-11-10(2)13(19)15(21-3)16(22-4)14(11)20/h5,19-20H,6-8H2,1-4H3,(H,17,18). The normalized spacial score (nSPS) is 11.4. The lowest BCUT2D eigenvalue weighted by atomic mass is 9.99. The highest BCUT2D eigenvalue weighted by atomic mass is 16.5. The van der Waals surface area contributed by atoms with Gasteiger partial charge >= 0.3 is 5.97 Å². The Morgan fingerprint density at radius 1 is 1.09 bits per heavy atom. The number of carboxylic acids is 1. The van der Waals surface area contributed by atoms with Crippen molar-refractivity contribution in [2.75, 3.05) is 14.2 Å². The SMILES string of the molecule is COc1c(O)c(C)c(CC=C(C)CCC(=O)O)c(O)c1OC. The number of methoxy groups -OCH3 is 2. The molecule has 0 fully saturated rings. The topological polar surface area (TPSA) is 96.2 Å². The van der Waals surface area contributed by atoms with Crippen LogP contribution in [0, 0.1) is 6.92 Å². The Kier molecular flexibility index (Phi) is 6.10. The fourth-order valence-corrected chi connectivity index (χ4v) is 2.15. The van der Waals surface area contributed by atoms with Gasteiger partial charge < -0.3 is 24.8 Å². The van der Waals surface area contributed by atoms with Crippen molar-refractivity contribution >= 4 is 5.97 Å². The smallest absolute Gasteiger partial charge is 0.303 e. The molecule has 122 valence electrons. The van der Waals surface area contributed by atoms with E-state index in [9.17, 15) is 15.0 Å². The third kappa shape index (κ3) is 3.84. The van der Waals surface area contributed by atoms with Crippen LogP contribution in [0.15, 0.2) is 11.6 Å². The summed E-state index contributed by atoms with van der Waals surface area (Å²) in [6.45, 7) is 3.50. The van der Waals surface area contributed by atoms with Crippen LogP contribution in [0.25, 0.3) is 0 Å². The van der Waals surface area contributed by atoms with Gasteiger partial charge in [0.25, 0.3) is 0 Å². The molecule has 0 saturated heterocycles. The van der Waals surface area contributed by atoms with E-state index in [1.54, 1.807) is 6.92 Å².